The minimum absolute atomic E-state index is 0.0973. The number of hydrogen-bond acceptors (Lipinski definition) is 4. The molecule has 186 valence electrons. The second-order valence-electron chi connectivity index (χ2n) is 8.82. The van der Waals surface area contributed by atoms with Crippen LogP contribution in [0.4, 0.5) is 30.2 Å². The van der Waals surface area contributed by atoms with Gasteiger partial charge in [0.15, 0.2) is 11.6 Å². The first-order valence-electron chi connectivity index (χ1n) is 11.5. The van der Waals surface area contributed by atoms with E-state index in [4.69, 9.17) is 0 Å². The predicted octanol–water partition coefficient (Wildman–Crippen LogP) is 5.50. The number of piperidine rings is 1. The molecule has 2 fully saturated rings. The summed E-state index contributed by atoms with van der Waals surface area (Å²) in [6.45, 7) is 0.635. The van der Waals surface area contributed by atoms with Gasteiger partial charge in [0, 0.05) is 28.7 Å². The Labute approximate surface area is 212 Å². The second kappa shape index (κ2) is 11.0. The zero-order valence-corrected chi connectivity index (χ0v) is 21.6. The van der Waals surface area contributed by atoms with Crippen LogP contribution in [0.1, 0.15) is 44.9 Å². The molecule has 0 atom stereocenters. The zero-order chi connectivity index (χ0) is 24.3. The van der Waals surface area contributed by atoms with E-state index in [9.17, 15) is 21.6 Å². The van der Waals surface area contributed by atoms with Crippen molar-refractivity contribution in [2.45, 2.75) is 57.0 Å². The molecule has 4 rings (SSSR count). The SMILES string of the molecule is O=S(=O)(Nc1ccc(F)c(F)c1Nc1ccc(I)cc1F)N1CCC(NC2CCCCC2)CC1. The Hall–Kier alpha value is -1.57. The number of benzene rings is 2. The molecule has 0 unspecified atom stereocenters. The fourth-order valence-electron chi connectivity index (χ4n) is 4.55. The van der Waals surface area contributed by atoms with E-state index >= 15 is 0 Å². The highest BCUT2D eigenvalue weighted by Gasteiger charge is 2.30. The van der Waals surface area contributed by atoms with Crippen LogP contribution in [0.5, 0.6) is 0 Å². The molecular formula is C23H28F3IN4O2S. The van der Waals surface area contributed by atoms with E-state index in [0.29, 0.717) is 35.5 Å². The molecule has 0 amide bonds. The van der Waals surface area contributed by atoms with Crippen LogP contribution >= 0.6 is 22.6 Å². The molecule has 3 N–H and O–H groups in total. The third-order valence-corrected chi connectivity index (χ3v) is 8.59. The normalized spacial score (nSPS) is 18.7. The standard InChI is InChI=1S/C23H28F3IN4O2S/c24-18-7-9-21(23(22(18)26)29-20-8-6-15(27)14-19(20)25)30-34(32,33)31-12-10-17(11-13-31)28-16-4-2-1-3-5-16/h6-9,14,16-17,28-30H,1-5,10-13H2. The first-order chi connectivity index (χ1) is 16.2. The maximum atomic E-state index is 14.6. The average Bonchev–Trinajstić information content (AvgIpc) is 2.81. The molecule has 34 heavy (non-hydrogen) atoms. The summed E-state index contributed by atoms with van der Waals surface area (Å²) in [4.78, 5) is 0. The minimum atomic E-state index is -4.02. The van der Waals surface area contributed by atoms with Gasteiger partial charge in [-0.05, 0) is 78.6 Å². The van der Waals surface area contributed by atoms with E-state index in [1.54, 1.807) is 6.07 Å². The van der Waals surface area contributed by atoms with Crippen LogP contribution in [0, 0.1) is 21.0 Å². The van der Waals surface area contributed by atoms with Crippen LogP contribution in [0.2, 0.25) is 0 Å². The molecule has 2 aromatic carbocycles. The van der Waals surface area contributed by atoms with E-state index < -0.39 is 33.3 Å². The van der Waals surface area contributed by atoms with Gasteiger partial charge < -0.3 is 10.6 Å². The summed E-state index contributed by atoms with van der Waals surface area (Å²) in [5.41, 5.74) is -0.767. The first-order valence-corrected chi connectivity index (χ1v) is 14.0. The van der Waals surface area contributed by atoms with Crippen molar-refractivity contribution in [3.05, 3.63) is 51.4 Å². The number of hydrogen-bond donors (Lipinski definition) is 3. The molecule has 0 radical (unpaired) electrons. The Bertz CT molecular complexity index is 1120. The van der Waals surface area contributed by atoms with E-state index in [1.165, 1.54) is 35.7 Å². The van der Waals surface area contributed by atoms with Gasteiger partial charge in [-0.3, -0.25) is 4.72 Å². The second-order valence-corrected chi connectivity index (χ2v) is 11.7. The van der Waals surface area contributed by atoms with Gasteiger partial charge in [-0.25, -0.2) is 13.2 Å². The molecule has 0 spiro atoms. The fourth-order valence-corrected chi connectivity index (χ4v) is 6.27. The summed E-state index contributed by atoms with van der Waals surface area (Å²) < 4.78 is 73.2. The van der Waals surface area contributed by atoms with Crippen molar-refractivity contribution >= 4 is 49.9 Å². The molecule has 1 saturated heterocycles. The van der Waals surface area contributed by atoms with Gasteiger partial charge in [-0.15, -0.1) is 0 Å². The van der Waals surface area contributed by atoms with Crippen LogP contribution in [0.3, 0.4) is 0 Å². The monoisotopic (exact) mass is 608 g/mol. The molecule has 1 aliphatic carbocycles. The van der Waals surface area contributed by atoms with Gasteiger partial charge in [0.25, 0.3) is 0 Å². The van der Waals surface area contributed by atoms with E-state index in [2.05, 4.69) is 15.4 Å². The van der Waals surface area contributed by atoms with E-state index in [-0.39, 0.29) is 17.4 Å². The molecule has 2 aromatic rings. The quantitative estimate of drug-likeness (QED) is 0.364. The van der Waals surface area contributed by atoms with E-state index in [0.717, 1.165) is 25.0 Å². The van der Waals surface area contributed by atoms with Crippen LogP contribution < -0.4 is 15.4 Å². The number of rotatable bonds is 7. The molecule has 11 heteroatoms. The average molecular weight is 608 g/mol. The minimum Gasteiger partial charge on any atom is -0.349 e. The highest BCUT2D eigenvalue weighted by atomic mass is 127. The summed E-state index contributed by atoms with van der Waals surface area (Å²) in [5.74, 6) is -3.14. The van der Waals surface area contributed by atoms with Gasteiger partial charge in [0.1, 0.15) is 11.5 Å². The van der Waals surface area contributed by atoms with Gasteiger partial charge in [0.2, 0.25) is 0 Å². The molecule has 0 bridgehead atoms. The lowest BCUT2D eigenvalue weighted by atomic mass is 9.94. The van der Waals surface area contributed by atoms with Crippen molar-refractivity contribution in [3.63, 3.8) is 0 Å². The first kappa shape index (κ1) is 25.5. The van der Waals surface area contributed by atoms with Crippen molar-refractivity contribution < 1.29 is 21.6 Å². The van der Waals surface area contributed by atoms with Gasteiger partial charge in [-0.2, -0.15) is 12.7 Å². The van der Waals surface area contributed by atoms with Crippen LogP contribution in [-0.4, -0.2) is 37.9 Å². The predicted molar refractivity (Wildman–Crippen MR) is 136 cm³/mol. The van der Waals surface area contributed by atoms with Gasteiger partial charge in [-0.1, -0.05) is 19.3 Å². The number of nitrogens with zero attached hydrogens (tertiary/aromatic N) is 1. The van der Waals surface area contributed by atoms with Gasteiger partial charge in [0.05, 0.1) is 11.4 Å². The molecule has 0 aromatic heterocycles. The maximum absolute atomic E-state index is 14.6. The summed E-state index contributed by atoms with van der Waals surface area (Å²) in [5, 5.41) is 6.17. The largest absolute Gasteiger partial charge is 0.349 e. The molecule has 1 heterocycles. The number of nitrogens with one attached hydrogen (secondary N) is 3. The zero-order valence-electron chi connectivity index (χ0n) is 18.6. The molecule has 6 nitrogen and oxygen atoms in total. The van der Waals surface area contributed by atoms with Crippen LogP contribution in [0.25, 0.3) is 0 Å². The van der Waals surface area contributed by atoms with Crippen molar-refractivity contribution in [1.82, 2.24) is 9.62 Å². The third kappa shape index (κ3) is 6.16. The summed E-state index contributed by atoms with van der Waals surface area (Å²) in [7, 11) is -4.02. The number of halogens is 4. The Morgan fingerprint density at radius 3 is 2.18 bits per heavy atom. The van der Waals surface area contributed by atoms with Crippen molar-refractivity contribution in [3.8, 4) is 0 Å². The Balaban J connectivity index is 1.46. The maximum Gasteiger partial charge on any atom is 0.301 e. The number of anilines is 3. The lowest BCUT2D eigenvalue weighted by Gasteiger charge is -2.35. The fraction of sp³-hybridized carbons (Fsp3) is 0.478. The van der Waals surface area contributed by atoms with Crippen LogP contribution in [0.15, 0.2) is 30.3 Å². The summed E-state index contributed by atoms with van der Waals surface area (Å²) >= 11 is 1.93. The Morgan fingerprint density at radius 1 is 0.853 bits per heavy atom. The highest BCUT2D eigenvalue weighted by molar-refractivity contribution is 14.1. The van der Waals surface area contributed by atoms with Crippen LogP contribution in [-0.2, 0) is 10.2 Å². The molecule has 1 aliphatic heterocycles. The summed E-state index contributed by atoms with van der Waals surface area (Å²) in [6.07, 6.45) is 7.40. The molecular weight excluding hydrogens is 580 g/mol. The smallest absolute Gasteiger partial charge is 0.301 e. The summed E-state index contributed by atoms with van der Waals surface area (Å²) in [6, 6.07) is 6.93. The lowest BCUT2D eigenvalue weighted by Crippen LogP contribution is -2.49. The molecule has 1 saturated carbocycles. The lowest BCUT2D eigenvalue weighted by molar-refractivity contribution is 0.253. The third-order valence-electron chi connectivity index (χ3n) is 6.39. The van der Waals surface area contributed by atoms with Crippen molar-refractivity contribution in [2.75, 3.05) is 23.1 Å². The van der Waals surface area contributed by atoms with Crippen molar-refractivity contribution in [2.24, 2.45) is 0 Å². The molecule has 2 aliphatic rings. The topological polar surface area (TPSA) is 73.5 Å². The van der Waals surface area contributed by atoms with E-state index in [1.807, 2.05) is 22.6 Å². The Kier molecular flexibility index (Phi) is 8.26. The van der Waals surface area contributed by atoms with Crippen molar-refractivity contribution in [1.29, 1.82) is 0 Å². The van der Waals surface area contributed by atoms with Gasteiger partial charge >= 0.3 is 10.2 Å². The highest BCUT2D eigenvalue weighted by Crippen LogP contribution is 2.33. The Morgan fingerprint density at radius 2 is 1.50 bits per heavy atom.